The number of hydrogen-bond acceptors (Lipinski definition) is 2. The van der Waals surface area contributed by atoms with Gasteiger partial charge in [-0.1, -0.05) is 215 Å². The summed E-state index contributed by atoms with van der Waals surface area (Å²) in [6.45, 7) is 22.0. The Labute approximate surface area is 377 Å². The minimum Gasteiger partial charge on any atom is -0.781 e. The molecule has 0 unspecified atom stereocenters. The van der Waals surface area contributed by atoms with Gasteiger partial charge in [-0.05, 0) is 0 Å². The Morgan fingerprint density at radius 2 is 0.526 bits per heavy atom. The molecule has 0 fully saturated rings. The molecular formula is C51H58BFe2NS2. The molecule has 1 N–H and O–H groups in total. The fourth-order valence-electron chi connectivity index (χ4n) is 7.38. The Morgan fingerprint density at radius 3 is 0.667 bits per heavy atom. The van der Waals surface area contributed by atoms with Gasteiger partial charge in [-0.3, -0.25) is 0 Å². The summed E-state index contributed by atoms with van der Waals surface area (Å²) in [5.41, 5.74) is 25.8. The Morgan fingerprint density at radius 1 is 0.351 bits per heavy atom. The van der Waals surface area contributed by atoms with E-state index in [4.69, 9.17) is 31.0 Å². The Hall–Kier alpha value is -3.70. The molecule has 0 aliphatic heterocycles. The Bertz CT molecular complexity index is 1790. The second kappa shape index (κ2) is 24.9. The monoisotopic (exact) mass is 871 g/mol. The van der Waals surface area contributed by atoms with Gasteiger partial charge in [0.15, 0.2) is 0 Å². The van der Waals surface area contributed by atoms with E-state index < -0.39 is 6.15 Å². The van der Waals surface area contributed by atoms with E-state index in [1.54, 1.807) is 0 Å². The molecule has 7 rings (SSSR count). The third-order valence-electron chi connectivity index (χ3n) is 11.7. The maximum Gasteiger partial charge on any atom is 3.00 e. The SMILES string of the molecule is C[NH-].Cc1c(C)c(C)[c-](C)c1C.Cc1c(C)c(C)[c-](C)c1C.[Fe+3].[Fe+3].[S-]c1ccccc1[S-].c1ccc([B-](c2ccccc2)(c2ccccc2)c2ccccc2)cc1. The van der Waals surface area contributed by atoms with Gasteiger partial charge in [0.2, 0.25) is 0 Å². The van der Waals surface area contributed by atoms with E-state index in [2.05, 4.69) is 191 Å². The quantitative estimate of drug-likeness (QED) is 0.1000. The van der Waals surface area contributed by atoms with Crippen molar-refractivity contribution < 1.29 is 34.1 Å². The molecule has 57 heavy (non-hydrogen) atoms. The van der Waals surface area contributed by atoms with Gasteiger partial charge in [-0.25, -0.2) is 0 Å². The number of rotatable bonds is 4. The molecular weight excluding hydrogens is 813 g/mol. The first-order valence-electron chi connectivity index (χ1n) is 19.0. The number of hydrogen-bond donors (Lipinski definition) is 0. The van der Waals surface area contributed by atoms with Crippen molar-refractivity contribution in [3.63, 3.8) is 0 Å². The Balaban J connectivity index is 0.000000422. The largest absolute Gasteiger partial charge is 3.00 e. The third kappa shape index (κ3) is 12.4. The molecule has 0 bridgehead atoms. The molecule has 0 aromatic heterocycles. The van der Waals surface area contributed by atoms with Crippen LogP contribution in [0.2, 0.25) is 0 Å². The van der Waals surface area contributed by atoms with Crippen molar-refractivity contribution in [2.75, 3.05) is 7.05 Å². The van der Waals surface area contributed by atoms with Crippen LogP contribution >= 0.6 is 0 Å². The van der Waals surface area contributed by atoms with Crippen molar-refractivity contribution >= 4 is 53.3 Å². The standard InChI is InChI=1S/C24H20B.2C10H15.C6H6S2.CH4N.2Fe/c1-5-13-21(14-6-1)25(22-15-7-2-8-16-22,23-17-9-3-10-18-23)24-19-11-4-12-20-24;2*1-6-7(2)9(4)10(5)8(6)3;7-5-3-1-2-4-6(5)8;1-2;;/h1-20H;2*1-5H3;1-4,7-8H;2H,1H3;;/q3*-1;;-1;2*+3/p-2. The smallest absolute Gasteiger partial charge is 0.781 e. The van der Waals surface area contributed by atoms with Crippen LogP contribution in [0.25, 0.3) is 5.73 Å². The summed E-state index contributed by atoms with van der Waals surface area (Å²) in [5, 5.41) is 0. The van der Waals surface area contributed by atoms with E-state index in [1.807, 2.05) is 24.3 Å². The average Bonchev–Trinajstić information content (AvgIpc) is 3.51. The maximum absolute atomic E-state index is 5.75. The second-order valence-corrected chi connectivity index (χ2v) is 15.1. The predicted octanol–water partition coefficient (Wildman–Crippen LogP) is 11.1. The van der Waals surface area contributed by atoms with Gasteiger partial charge >= 0.3 is 34.1 Å². The molecule has 0 atom stereocenters. The zero-order valence-electron chi connectivity index (χ0n) is 35.5. The first-order chi connectivity index (χ1) is 26.3. The fraction of sp³-hybridized carbons (Fsp3) is 0.216. The van der Waals surface area contributed by atoms with Crippen LogP contribution in [0.1, 0.15) is 55.6 Å². The average molecular weight is 872 g/mol. The molecule has 7 aromatic rings. The normalized spacial score (nSPS) is 9.96. The summed E-state index contributed by atoms with van der Waals surface area (Å²) in [4.78, 5) is 1.53. The molecule has 0 aliphatic rings. The van der Waals surface area contributed by atoms with Crippen LogP contribution in [0, 0.1) is 69.2 Å². The van der Waals surface area contributed by atoms with Gasteiger partial charge in [0, 0.05) is 0 Å². The van der Waals surface area contributed by atoms with Gasteiger partial charge in [0.1, 0.15) is 6.15 Å². The zero-order valence-corrected chi connectivity index (χ0v) is 39.3. The van der Waals surface area contributed by atoms with Gasteiger partial charge in [0.05, 0.1) is 0 Å². The molecule has 0 saturated carbocycles. The molecule has 0 heterocycles. The summed E-state index contributed by atoms with van der Waals surface area (Å²) in [6.07, 6.45) is -1.22. The van der Waals surface area contributed by atoms with Gasteiger partial charge in [-0.2, -0.15) is 94.3 Å². The maximum atomic E-state index is 5.75. The van der Waals surface area contributed by atoms with Crippen molar-refractivity contribution in [2.24, 2.45) is 0 Å². The molecule has 2 radical (unpaired) electrons. The molecule has 7 aromatic carbocycles. The van der Waals surface area contributed by atoms with E-state index in [9.17, 15) is 0 Å². The number of nitrogens with one attached hydrogen (secondary N) is 1. The first-order valence-corrected chi connectivity index (χ1v) is 19.8. The van der Waals surface area contributed by atoms with Crippen LogP contribution in [0.4, 0.5) is 0 Å². The fourth-order valence-corrected chi connectivity index (χ4v) is 7.68. The summed E-state index contributed by atoms with van der Waals surface area (Å²) in [7, 11) is 1.25. The van der Waals surface area contributed by atoms with Gasteiger partial charge in [-0.15, -0.1) is 0 Å². The van der Waals surface area contributed by atoms with Crippen LogP contribution in [0.3, 0.4) is 0 Å². The molecule has 1 nitrogen and oxygen atoms in total. The van der Waals surface area contributed by atoms with Gasteiger partial charge in [0.25, 0.3) is 0 Å². The van der Waals surface area contributed by atoms with Crippen LogP contribution < -0.4 is 21.9 Å². The van der Waals surface area contributed by atoms with Crippen LogP contribution in [-0.2, 0) is 59.4 Å². The minimum atomic E-state index is -1.22. The van der Waals surface area contributed by atoms with Crippen molar-refractivity contribution in [3.05, 3.63) is 207 Å². The van der Waals surface area contributed by atoms with Crippen LogP contribution in [0.5, 0.6) is 0 Å². The molecule has 0 aliphatic carbocycles. The van der Waals surface area contributed by atoms with E-state index in [1.165, 1.54) is 84.5 Å². The second-order valence-electron chi connectivity index (χ2n) is 14.2. The summed E-state index contributed by atoms with van der Waals surface area (Å²) < 4.78 is 0. The molecule has 0 amide bonds. The van der Waals surface area contributed by atoms with Crippen LogP contribution in [-0.4, -0.2) is 13.2 Å². The first kappa shape index (κ1) is 51.3. The minimum absolute atomic E-state index is 0. The predicted molar refractivity (Wildman–Crippen MR) is 249 cm³/mol. The van der Waals surface area contributed by atoms with Crippen molar-refractivity contribution in [3.8, 4) is 0 Å². The van der Waals surface area contributed by atoms with E-state index >= 15 is 0 Å². The molecule has 6 heteroatoms. The topological polar surface area (TPSA) is 23.8 Å². The van der Waals surface area contributed by atoms with Crippen molar-refractivity contribution in [1.29, 1.82) is 0 Å². The van der Waals surface area contributed by atoms with Crippen LogP contribution in [0.15, 0.2) is 155 Å². The molecule has 0 spiro atoms. The van der Waals surface area contributed by atoms with E-state index in [0.717, 1.165) is 9.79 Å². The number of benzene rings is 5. The summed E-state index contributed by atoms with van der Waals surface area (Å²) >= 11 is 9.70. The molecule has 0 saturated heterocycles. The van der Waals surface area contributed by atoms with E-state index in [-0.39, 0.29) is 34.1 Å². The van der Waals surface area contributed by atoms with Crippen molar-refractivity contribution in [1.82, 2.24) is 0 Å². The molecule has 298 valence electrons. The zero-order chi connectivity index (χ0) is 40.7. The van der Waals surface area contributed by atoms with E-state index in [0.29, 0.717) is 0 Å². The van der Waals surface area contributed by atoms with Gasteiger partial charge < -0.3 is 31.0 Å². The Kier molecular flexibility index (Phi) is 22.5. The third-order valence-corrected chi connectivity index (χ3v) is 12.5. The summed E-state index contributed by atoms with van der Waals surface area (Å²) in [6, 6.07) is 51.0. The van der Waals surface area contributed by atoms with Crippen molar-refractivity contribution in [2.45, 2.75) is 79.0 Å². The summed E-state index contributed by atoms with van der Waals surface area (Å²) in [5.74, 6) is 0.